The number of thiocarbonyl (C=S) groups is 1. The average Bonchev–Trinajstić information content (AvgIpc) is 2.48. The number of anilines is 1. The second-order valence-electron chi connectivity index (χ2n) is 5.54. The topological polar surface area (TPSA) is 64.3 Å². The maximum absolute atomic E-state index is 12.2. The molecular formula is C16H22N2O2S. The van der Waals surface area contributed by atoms with Crippen LogP contribution in [0.3, 0.4) is 0 Å². The smallest absolute Gasteiger partial charge is 0.224 e. The summed E-state index contributed by atoms with van der Waals surface area (Å²) in [5.41, 5.74) is 6.99. The van der Waals surface area contributed by atoms with Crippen LogP contribution in [-0.4, -0.2) is 18.0 Å². The van der Waals surface area contributed by atoms with Gasteiger partial charge in [0.15, 0.2) is 0 Å². The lowest BCUT2D eigenvalue weighted by Crippen LogP contribution is -2.19. The Labute approximate surface area is 131 Å². The molecule has 1 saturated carbocycles. The predicted octanol–water partition coefficient (Wildman–Crippen LogP) is 3.24. The van der Waals surface area contributed by atoms with Gasteiger partial charge in [-0.05, 0) is 37.0 Å². The van der Waals surface area contributed by atoms with Crippen molar-refractivity contribution in [3.05, 3.63) is 23.8 Å². The molecule has 1 fully saturated rings. The number of nitrogens with two attached hydrogens (primary N) is 1. The van der Waals surface area contributed by atoms with Crippen LogP contribution in [0.1, 0.15) is 44.1 Å². The molecular weight excluding hydrogens is 284 g/mol. The number of methoxy groups -OCH3 is 1. The van der Waals surface area contributed by atoms with E-state index < -0.39 is 0 Å². The molecule has 0 spiro atoms. The molecule has 0 heterocycles. The van der Waals surface area contributed by atoms with Crippen LogP contribution in [-0.2, 0) is 4.79 Å². The van der Waals surface area contributed by atoms with Crippen LogP contribution in [0.25, 0.3) is 0 Å². The van der Waals surface area contributed by atoms with E-state index in [9.17, 15) is 4.79 Å². The first-order valence-electron chi connectivity index (χ1n) is 7.38. The summed E-state index contributed by atoms with van der Waals surface area (Å²) in [6.07, 6.45) is 6.68. The van der Waals surface area contributed by atoms with E-state index in [1.54, 1.807) is 25.3 Å². The van der Waals surface area contributed by atoms with Gasteiger partial charge in [-0.25, -0.2) is 0 Å². The minimum absolute atomic E-state index is 0.0447. The van der Waals surface area contributed by atoms with Crippen molar-refractivity contribution in [2.75, 3.05) is 12.4 Å². The van der Waals surface area contributed by atoms with Crippen molar-refractivity contribution in [2.45, 2.75) is 38.5 Å². The van der Waals surface area contributed by atoms with Crippen LogP contribution in [0.15, 0.2) is 18.2 Å². The summed E-state index contributed by atoms with van der Waals surface area (Å²) in [5, 5.41) is 2.93. The monoisotopic (exact) mass is 306 g/mol. The Morgan fingerprint density at radius 3 is 2.71 bits per heavy atom. The number of carbonyl (C=O) groups is 1. The highest BCUT2D eigenvalue weighted by atomic mass is 32.1. The number of nitrogens with one attached hydrogen (secondary N) is 1. The zero-order valence-electron chi connectivity index (χ0n) is 12.4. The normalized spacial score (nSPS) is 15.5. The number of carbonyl (C=O) groups excluding carboxylic acids is 1. The van der Waals surface area contributed by atoms with Crippen LogP contribution >= 0.6 is 12.2 Å². The summed E-state index contributed by atoms with van der Waals surface area (Å²) in [4.78, 5) is 12.5. The van der Waals surface area contributed by atoms with Gasteiger partial charge in [-0.1, -0.05) is 31.5 Å². The Balaban J connectivity index is 2.00. The van der Waals surface area contributed by atoms with Crippen molar-refractivity contribution in [2.24, 2.45) is 11.7 Å². The molecule has 0 atom stereocenters. The molecule has 1 aliphatic carbocycles. The molecule has 1 aliphatic rings. The summed E-state index contributed by atoms with van der Waals surface area (Å²) in [5.74, 6) is 1.14. The van der Waals surface area contributed by atoms with Gasteiger partial charge < -0.3 is 15.8 Å². The lowest BCUT2D eigenvalue weighted by Gasteiger charge is -2.21. The maximum atomic E-state index is 12.2. The van der Waals surface area contributed by atoms with E-state index in [0.29, 0.717) is 28.8 Å². The summed E-state index contributed by atoms with van der Waals surface area (Å²) >= 11 is 4.94. The third kappa shape index (κ3) is 4.43. The summed E-state index contributed by atoms with van der Waals surface area (Å²) < 4.78 is 5.30. The molecule has 2 rings (SSSR count). The van der Waals surface area contributed by atoms with Crippen LogP contribution in [0.5, 0.6) is 5.75 Å². The second-order valence-corrected chi connectivity index (χ2v) is 5.98. The molecule has 5 heteroatoms. The molecule has 0 radical (unpaired) electrons. The van der Waals surface area contributed by atoms with Gasteiger partial charge >= 0.3 is 0 Å². The van der Waals surface area contributed by atoms with Gasteiger partial charge in [0.2, 0.25) is 5.91 Å². The molecule has 114 valence electrons. The van der Waals surface area contributed by atoms with E-state index >= 15 is 0 Å². The third-order valence-corrected chi connectivity index (χ3v) is 4.19. The summed E-state index contributed by atoms with van der Waals surface area (Å²) in [6.45, 7) is 0. The number of ether oxygens (including phenoxy) is 1. The minimum atomic E-state index is 0.0447. The van der Waals surface area contributed by atoms with E-state index in [4.69, 9.17) is 22.7 Å². The summed E-state index contributed by atoms with van der Waals surface area (Å²) in [7, 11) is 1.56. The van der Waals surface area contributed by atoms with Crippen LogP contribution in [0, 0.1) is 5.92 Å². The van der Waals surface area contributed by atoms with Gasteiger partial charge in [-0.2, -0.15) is 0 Å². The largest absolute Gasteiger partial charge is 0.495 e. The first-order valence-corrected chi connectivity index (χ1v) is 7.78. The fourth-order valence-corrected chi connectivity index (χ4v) is 2.93. The Morgan fingerprint density at radius 1 is 1.38 bits per heavy atom. The van der Waals surface area contributed by atoms with Gasteiger partial charge in [0.05, 0.1) is 12.8 Å². The van der Waals surface area contributed by atoms with Gasteiger partial charge in [0.25, 0.3) is 0 Å². The standard InChI is InChI=1S/C16H22N2O2S/c1-20-14-10-12(16(17)21)7-8-13(14)18-15(19)9-11-5-3-2-4-6-11/h7-8,10-11H,2-6,9H2,1H3,(H2,17,21)(H,18,19). The van der Waals surface area contributed by atoms with Gasteiger partial charge in [-0.15, -0.1) is 0 Å². The summed E-state index contributed by atoms with van der Waals surface area (Å²) in [6, 6.07) is 5.33. The molecule has 21 heavy (non-hydrogen) atoms. The van der Waals surface area contributed by atoms with Crippen LogP contribution in [0.2, 0.25) is 0 Å². The van der Waals surface area contributed by atoms with Crippen molar-refractivity contribution in [1.82, 2.24) is 0 Å². The van der Waals surface area contributed by atoms with Crippen molar-refractivity contribution in [3.8, 4) is 5.75 Å². The van der Waals surface area contributed by atoms with E-state index in [-0.39, 0.29) is 5.91 Å². The fraction of sp³-hybridized carbons (Fsp3) is 0.500. The van der Waals surface area contributed by atoms with Crippen LogP contribution in [0.4, 0.5) is 5.69 Å². The molecule has 0 unspecified atom stereocenters. The Bertz CT molecular complexity index is 525. The van der Waals surface area contributed by atoms with E-state index in [0.717, 1.165) is 18.4 Å². The van der Waals surface area contributed by atoms with Crippen molar-refractivity contribution < 1.29 is 9.53 Å². The number of hydrogen-bond donors (Lipinski definition) is 2. The molecule has 4 nitrogen and oxygen atoms in total. The van der Waals surface area contributed by atoms with Gasteiger partial charge in [0, 0.05) is 12.0 Å². The maximum Gasteiger partial charge on any atom is 0.224 e. The predicted molar refractivity (Wildman–Crippen MR) is 88.7 cm³/mol. The highest BCUT2D eigenvalue weighted by Gasteiger charge is 2.18. The number of rotatable bonds is 5. The average molecular weight is 306 g/mol. The third-order valence-electron chi connectivity index (χ3n) is 3.96. The minimum Gasteiger partial charge on any atom is -0.495 e. The molecule has 0 aliphatic heterocycles. The lowest BCUT2D eigenvalue weighted by molar-refractivity contribution is -0.117. The quantitative estimate of drug-likeness (QED) is 0.820. The molecule has 1 aromatic rings. The molecule has 3 N–H and O–H groups in total. The highest BCUT2D eigenvalue weighted by Crippen LogP contribution is 2.29. The first-order chi connectivity index (χ1) is 10.1. The number of amides is 1. The molecule has 1 aromatic carbocycles. The number of hydrogen-bond acceptors (Lipinski definition) is 3. The van der Waals surface area contributed by atoms with Crippen molar-refractivity contribution >= 4 is 28.8 Å². The molecule has 0 saturated heterocycles. The van der Waals surface area contributed by atoms with Gasteiger partial charge in [0.1, 0.15) is 10.7 Å². The first kappa shape index (κ1) is 15.8. The SMILES string of the molecule is COc1cc(C(N)=S)ccc1NC(=O)CC1CCCCC1. The molecule has 0 aromatic heterocycles. The van der Waals surface area contributed by atoms with Crippen LogP contribution < -0.4 is 15.8 Å². The number of benzene rings is 1. The van der Waals surface area contributed by atoms with E-state index in [1.165, 1.54) is 19.3 Å². The van der Waals surface area contributed by atoms with Gasteiger partial charge in [-0.3, -0.25) is 4.79 Å². The highest BCUT2D eigenvalue weighted by molar-refractivity contribution is 7.80. The lowest BCUT2D eigenvalue weighted by atomic mass is 9.87. The van der Waals surface area contributed by atoms with E-state index in [1.807, 2.05) is 0 Å². The second kappa shape index (κ2) is 7.41. The molecule has 0 bridgehead atoms. The Morgan fingerprint density at radius 2 is 2.10 bits per heavy atom. The Hall–Kier alpha value is -1.62. The molecule has 1 amide bonds. The van der Waals surface area contributed by atoms with Crippen molar-refractivity contribution in [3.63, 3.8) is 0 Å². The van der Waals surface area contributed by atoms with E-state index in [2.05, 4.69) is 5.32 Å². The zero-order valence-corrected chi connectivity index (χ0v) is 13.2. The fourth-order valence-electron chi connectivity index (χ4n) is 2.80. The van der Waals surface area contributed by atoms with Crippen molar-refractivity contribution in [1.29, 1.82) is 0 Å². The zero-order chi connectivity index (χ0) is 15.2. The Kier molecular flexibility index (Phi) is 5.56.